The number of methoxy groups -OCH3 is 2. The summed E-state index contributed by atoms with van der Waals surface area (Å²) in [5, 5.41) is -0.0866. The number of nitrogens with one attached hydrogen (secondary N) is 1. The van der Waals surface area contributed by atoms with Crippen LogP contribution >= 0.6 is 0 Å². The molecule has 0 spiro atoms. The highest BCUT2D eigenvalue weighted by Gasteiger charge is 2.23. The molecule has 3 aromatic rings. The van der Waals surface area contributed by atoms with Crippen LogP contribution in [-0.4, -0.2) is 60.6 Å². The first-order chi connectivity index (χ1) is 11.9. The highest BCUT2D eigenvalue weighted by atomic mass is 32.2. The molecule has 0 bridgehead atoms. The van der Waals surface area contributed by atoms with Gasteiger partial charge in [-0.2, -0.15) is 0 Å². The summed E-state index contributed by atoms with van der Waals surface area (Å²) in [5.41, 5.74) is 3.18. The molecule has 2 radical (unpaired) electrons. The minimum Gasteiger partial charge on any atom is -0.497 e. The van der Waals surface area contributed by atoms with Gasteiger partial charge in [0.2, 0.25) is 15.0 Å². The predicted octanol–water partition coefficient (Wildman–Crippen LogP) is 2.19. The third-order valence-electron chi connectivity index (χ3n) is 4.04. The number of hydrogen-bond acceptors (Lipinski definition) is 6. The average molecular weight is 386 g/mol. The van der Waals surface area contributed by atoms with Crippen molar-refractivity contribution < 1.29 is 17.9 Å². The van der Waals surface area contributed by atoms with Gasteiger partial charge in [-0.05, 0) is 26.0 Å². The van der Waals surface area contributed by atoms with E-state index in [4.69, 9.17) is 9.47 Å². The van der Waals surface area contributed by atoms with Gasteiger partial charge in [0, 0.05) is 46.4 Å². The van der Waals surface area contributed by atoms with Gasteiger partial charge in [0.25, 0.3) is 0 Å². The smallest absolute Gasteiger partial charge is 0.226 e. The van der Waals surface area contributed by atoms with Gasteiger partial charge < -0.3 is 14.5 Å². The Balaban J connectivity index is 0.00000243. The normalized spacial score (nSPS) is 11.2. The minimum atomic E-state index is -3.68. The lowest BCUT2D eigenvalue weighted by Crippen LogP contribution is -2.10. The molecule has 9 heteroatoms. The quantitative estimate of drug-likeness (QED) is 0.676. The van der Waals surface area contributed by atoms with Crippen LogP contribution in [0.15, 0.2) is 29.6 Å². The van der Waals surface area contributed by atoms with Gasteiger partial charge >= 0.3 is 0 Å². The van der Waals surface area contributed by atoms with Gasteiger partial charge in [-0.15, -0.1) is 0 Å². The summed E-state index contributed by atoms with van der Waals surface area (Å²) in [6, 6.07) is 5.15. The number of fused-ring (bicyclic) bond motifs is 1. The number of sulfone groups is 1. The number of imidazole rings is 1. The maximum absolute atomic E-state index is 12.8. The Bertz CT molecular complexity index is 1050. The monoisotopic (exact) mass is 385 g/mol. The molecule has 7 nitrogen and oxygen atoms in total. The number of ether oxygens (including phenoxy) is 2. The maximum atomic E-state index is 12.8. The summed E-state index contributed by atoms with van der Waals surface area (Å²) in [7, 11) is -0.575. The fraction of sp³-hybridized carbons (Fsp3) is 0.294. The van der Waals surface area contributed by atoms with Gasteiger partial charge in [-0.1, -0.05) is 0 Å². The van der Waals surface area contributed by atoms with Gasteiger partial charge in [-0.3, -0.25) is 4.98 Å². The molecule has 1 aromatic carbocycles. The standard InChI is InChI=1S/C17H19N3O4S.Mg/c1-10-8-18-15(11(2)16(10)24-4)9-25(21,22)17-19-13-6-5-12(23-3)7-14(13)20-17;/h5-8H,9H2,1-4H3,(H,19,20);. The molecule has 0 amide bonds. The Labute approximate surface area is 168 Å². The van der Waals surface area contributed by atoms with E-state index in [9.17, 15) is 8.42 Å². The Morgan fingerprint density at radius 2 is 1.88 bits per heavy atom. The summed E-state index contributed by atoms with van der Waals surface area (Å²) < 4.78 is 36.0. The van der Waals surface area contributed by atoms with E-state index < -0.39 is 9.84 Å². The third kappa shape index (κ3) is 3.79. The van der Waals surface area contributed by atoms with Gasteiger partial charge in [0.05, 0.1) is 30.9 Å². The Hall–Kier alpha value is -1.84. The molecule has 2 heterocycles. The van der Waals surface area contributed by atoms with Crippen LogP contribution in [0.2, 0.25) is 0 Å². The lowest BCUT2D eigenvalue weighted by atomic mass is 10.1. The Kier molecular flexibility index (Phi) is 6.15. The lowest BCUT2D eigenvalue weighted by molar-refractivity contribution is 0.407. The molecule has 0 aliphatic carbocycles. The second kappa shape index (κ2) is 7.81. The van der Waals surface area contributed by atoms with Crippen molar-refractivity contribution in [3.63, 3.8) is 0 Å². The zero-order valence-electron chi connectivity index (χ0n) is 15.2. The first kappa shape index (κ1) is 20.5. The second-order valence-corrected chi connectivity index (χ2v) is 7.64. The van der Waals surface area contributed by atoms with Crippen molar-refractivity contribution in [2.75, 3.05) is 14.2 Å². The van der Waals surface area contributed by atoms with Crippen LogP contribution in [0.1, 0.15) is 16.8 Å². The molecule has 0 aliphatic rings. The van der Waals surface area contributed by atoms with Crippen molar-refractivity contribution in [3.8, 4) is 11.5 Å². The molecule has 0 atom stereocenters. The summed E-state index contributed by atoms with van der Waals surface area (Å²) in [4.78, 5) is 11.3. The van der Waals surface area contributed by atoms with Crippen molar-refractivity contribution >= 4 is 43.9 Å². The Morgan fingerprint density at radius 3 is 2.54 bits per heavy atom. The molecule has 0 saturated carbocycles. The van der Waals surface area contributed by atoms with E-state index in [0.29, 0.717) is 33.8 Å². The number of aromatic nitrogens is 3. The van der Waals surface area contributed by atoms with Crippen molar-refractivity contribution in [3.05, 3.63) is 41.2 Å². The van der Waals surface area contributed by atoms with Gasteiger partial charge in [-0.25, -0.2) is 13.4 Å². The highest BCUT2D eigenvalue weighted by Crippen LogP contribution is 2.27. The highest BCUT2D eigenvalue weighted by molar-refractivity contribution is 7.90. The SMILES string of the molecule is COc1ccc2nc(S(=O)(=O)Cc3ncc(C)c(OC)c3C)[nH]c2c1.[Mg]. The molecule has 0 aliphatic heterocycles. The molecule has 2 aromatic heterocycles. The number of aryl methyl sites for hydroxylation is 1. The maximum Gasteiger partial charge on any atom is 0.226 e. The second-order valence-electron chi connectivity index (χ2n) is 5.73. The lowest BCUT2D eigenvalue weighted by Gasteiger charge is -2.11. The van der Waals surface area contributed by atoms with Crippen LogP contribution in [0, 0.1) is 13.8 Å². The van der Waals surface area contributed by atoms with E-state index in [2.05, 4.69) is 15.0 Å². The molecule has 26 heavy (non-hydrogen) atoms. The number of benzene rings is 1. The van der Waals surface area contributed by atoms with Crippen LogP contribution in [0.4, 0.5) is 0 Å². The van der Waals surface area contributed by atoms with Crippen LogP contribution in [0.3, 0.4) is 0 Å². The minimum absolute atomic E-state index is 0. The number of rotatable bonds is 5. The fourth-order valence-corrected chi connectivity index (χ4v) is 4.00. The predicted molar refractivity (Wildman–Crippen MR) is 99.6 cm³/mol. The van der Waals surface area contributed by atoms with Gasteiger partial charge in [0.15, 0.2) is 0 Å². The molecule has 0 saturated heterocycles. The van der Waals surface area contributed by atoms with Crippen LogP contribution < -0.4 is 9.47 Å². The van der Waals surface area contributed by atoms with E-state index in [0.717, 1.165) is 5.56 Å². The van der Waals surface area contributed by atoms with Crippen LogP contribution in [-0.2, 0) is 15.6 Å². The van der Waals surface area contributed by atoms with Crippen LogP contribution in [0.25, 0.3) is 11.0 Å². The molecule has 3 rings (SSSR count). The zero-order chi connectivity index (χ0) is 18.2. The van der Waals surface area contributed by atoms with Crippen molar-refractivity contribution in [1.29, 1.82) is 0 Å². The van der Waals surface area contributed by atoms with Crippen molar-refractivity contribution in [2.45, 2.75) is 24.8 Å². The first-order valence-electron chi connectivity index (χ1n) is 7.61. The molecule has 134 valence electrons. The number of nitrogens with zero attached hydrogens (tertiary/aromatic N) is 2. The summed E-state index contributed by atoms with van der Waals surface area (Å²) in [5.74, 6) is 1.02. The fourth-order valence-electron chi connectivity index (χ4n) is 2.70. The van der Waals surface area contributed by atoms with Crippen LogP contribution in [0.5, 0.6) is 11.5 Å². The molecule has 0 unspecified atom stereocenters. The number of pyridine rings is 1. The summed E-state index contributed by atoms with van der Waals surface area (Å²) in [6.07, 6.45) is 1.61. The third-order valence-corrected chi connectivity index (χ3v) is 5.47. The van der Waals surface area contributed by atoms with E-state index in [-0.39, 0.29) is 34.0 Å². The topological polar surface area (TPSA) is 94.2 Å². The molecular weight excluding hydrogens is 367 g/mol. The van der Waals surface area contributed by atoms with Crippen molar-refractivity contribution in [2.24, 2.45) is 0 Å². The number of aromatic amines is 1. The number of H-pyrrole nitrogens is 1. The van der Waals surface area contributed by atoms with Gasteiger partial charge in [0.1, 0.15) is 17.3 Å². The molecular formula is C17H19MgN3O4S. The Morgan fingerprint density at radius 1 is 1.15 bits per heavy atom. The van der Waals surface area contributed by atoms with E-state index in [1.807, 2.05) is 6.92 Å². The van der Waals surface area contributed by atoms with E-state index in [1.54, 1.807) is 45.5 Å². The number of hydrogen-bond donors (Lipinski definition) is 1. The zero-order valence-corrected chi connectivity index (χ0v) is 17.4. The molecule has 0 fully saturated rings. The van der Waals surface area contributed by atoms with E-state index >= 15 is 0 Å². The molecule has 1 N–H and O–H groups in total. The largest absolute Gasteiger partial charge is 0.497 e. The summed E-state index contributed by atoms with van der Waals surface area (Å²) >= 11 is 0. The average Bonchev–Trinajstić information content (AvgIpc) is 3.02. The first-order valence-corrected chi connectivity index (χ1v) is 9.26. The van der Waals surface area contributed by atoms with E-state index in [1.165, 1.54) is 0 Å². The van der Waals surface area contributed by atoms with Crippen molar-refractivity contribution in [1.82, 2.24) is 15.0 Å². The summed E-state index contributed by atoms with van der Waals surface area (Å²) in [6.45, 7) is 3.66.